The number of aliphatic hydroxyl groups is 2. The van der Waals surface area contributed by atoms with E-state index in [9.17, 15) is 29.2 Å². The number of hydrogen-bond acceptors (Lipinski definition) is 10. The molecule has 0 spiro atoms. The van der Waals surface area contributed by atoms with E-state index < -0.39 is 62.2 Å². The number of nitrogens with one attached hydrogen (secondary N) is 2. The van der Waals surface area contributed by atoms with Gasteiger partial charge in [0.1, 0.15) is 36.7 Å². The molecule has 4 aromatic rings. The van der Waals surface area contributed by atoms with Crippen LogP contribution in [0.5, 0.6) is 5.75 Å². The van der Waals surface area contributed by atoms with E-state index in [-0.39, 0.29) is 12.4 Å². The Morgan fingerprint density at radius 1 is 1.02 bits per heavy atom. The fourth-order valence-electron chi connectivity index (χ4n) is 4.53. The third-order valence-corrected chi connectivity index (χ3v) is 8.40. The van der Waals surface area contributed by atoms with Crippen LogP contribution in [0.2, 0.25) is 0 Å². The number of benzene rings is 3. The molecule has 1 aliphatic rings. The second kappa shape index (κ2) is 13.0. The van der Waals surface area contributed by atoms with Crippen molar-refractivity contribution < 1.29 is 38.1 Å². The molecule has 14 heteroatoms. The molecule has 1 aliphatic heterocycles. The molecule has 13 nitrogen and oxygen atoms in total. The molecule has 3 aromatic carbocycles. The Bertz CT molecular complexity index is 1740. The molecule has 2 heterocycles. The molecule has 43 heavy (non-hydrogen) atoms. The number of esters is 1. The van der Waals surface area contributed by atoms with Gasteiger partial charge in [0.15, 0.2) is 6.23 Å². The number of fused-ring (bicyclic) bond motifs is 1. The van der Waals surface area contributed by atoms with E-state index in [0.29, 0.717) is 5.39 Å². The first-order valence-corrected chi connectivity index (χ1v) is 14.9. The zero-order chi connectivity index (χ0) is 30.6. The summed E-state index contributed by atoms with van der Waals surface area (Å²) >= 11 is 0. The summed E-state index contributed by atoms with van der Waals surface area (Å²) in [6, 6.07) is 21.3. The standard InChI is InChI=1S/C29H30N3O10P/c1-18(28(36)39-16-19-8-3-2-4-9-19)31-43(38,42-22-13-7-11-20-10-5-6-12-21(20)22)40-17-23-25(34)26(35)27(41-23)32-15-14-24(33)30-29(32)37/h2-15,18,23,25-27,34-35H,16-17H2,1H3,(H,31,38)(H,30,33,37)/t18-,23+,25+,26?,27?,43?/m0/s1. The smallest absolute Gasteiger partial charge is 0.459 e. The lowest BCUT2D eigenvalue weighted by Gasteiger charge is -2.25. The van der Waals surface area contributed by atoms with Gasteiger partial charge in [-0.15, -0.1) is 0 Å². The number of ether oxygens (including phenoxy) is 2. The average Bonchev–Trinajstić information content (AvgIpc) is 3.28. The Labute approximate surface area is 245 Å². The molecule has 3 unspecified atom stereocenters. The highest BCUT2D eigenvalue weighted by atomic mass is 31.2. The van der Waals surface area contributed by atoms with Crippen LogP contribution in [0, 0.1) is 0 Å². The van der Waals surface area contributed by atoms with E-state index in [1.54, 1.807) is 48.5 Å². The second-order valence-electron chi connectivity index (χ2n) is 9.87. The van der Waals surface area contributed by atoms with E-state index in [2.05, 4.69) is 5.09 Å². The number of aliphatic hydroxyl groups excluding tert-OH is 2. The molecular weight excluding hydrogens is 581 g/mol. The molecule has 226 valence electrons. The van der Waals surface area contributed by atoms with Gasteiger partial charge in [-0.25, -0.2) is 9.36 Å². The van der Waals surface area contributed by atoms with E-state index in [0.717, 1.165) is 27.8 Å². The van der Waals surface area contributed by atoms with Gasteiger partial charge in [0, 0.05) is 17.6 Å². The fraction of sp³-hybridized carbons (Fsp3) is 0.276. The molecule has 4 N–H and O–H groups in total. The monoisotopic (exact) mass is 611 g/mol. The lowest BCUT2D eigenvalue weighted by molar-refractivity contribution is -0.146. The molecule has 0 bridgehead atoms. The Balaban J connectivity index is 1.34. The van der Waals surface area contributed by atoms with Gasteiger partial charge >= 0.3 is 19.4 Å². The number of aromatic amines is 1. The number of H-pyrrole nitrogens is 1. The van der Waals surface area contributed by atoms with Crippen molar-refractivity contribution in [1.82, 2.24) is 14.6 Å². The molecule has 0 aliphatic carbocycles. The topological polar surface area (TPSA) is 178 Å². The van der Waals surface area contributed by atoms with E-state index in [1.165, 1.54) is 6.92 Å². The van der Waals surface area contributed by atoms with Crippen LogP contribution in [0.4, 0.5) is 0 Å². The number of rotatable bonds is 11. The lowest BCUT2D eigenvalue weighted by Crippen LogP contribution is -2.38. The predicted molar refractivity (Wildman–Crippen MR) is 154 cm³/mol. The summed E-state index contributed by atoms with van der Waals surface area (Å²) < 4.78 is 37.6. The summed E-state index contributed by atoms with van der Waals surface area (Å²) in [6.07, 6.45) is -4.68. The molecule has 1 fully saturated rings. The minimum absolute atomic E-state index is 0.00740. The van der Waals surface area contributed by atoms with Gasteiger partial charge in [0.05, 0.1) is 6.61 Å². The van der Waals surface area contributed by atoms with Gasteiger partial charge in [-0.05, 0) is 23.9 Å². The van der Waals surface area contributed by atoms with Gasteiger partial charge in [-0.3, -0.25) is 23.7 Å². The molecule has 5 rings (SSSR count). The van der Waals surface area contributed by atoms with Gasteiger partial charge < -0.3 is 24.2 Å². The van der Waals surface area contributed by atoms with Crippen LogP contribution in [0.1, 0.15) is 18.7 Å². The molecule has 0 amide bonds. The molecule has 0 saturated carbocycles. The van der Waals surface area contributed by atoms with Gasteiger partial charge in [-0.1, -0.05) is 66.7 Å². The van der Waals surface area contributed by atoms with E-state index >= 15 is 0 Å². The number of carbonyl (C=O) groups is 1. The highest BCUT2D eigenvalue weighted by molar-refractivity contribution is 7.52. The van der Waals surface area contributed by atoms with Crippen molar-refractivity contribution in [2.45, 2.75) is 44.1 Å². The highest BCUT2D eigenvalue weighted by Crippen LogP contribution is 2.47. The van der Waals surface area contributed by atoms with Crippen LogP contribution in [0.15, 0.2) is 94.6 Å². The number of hydrogen-bond donors (Lipinski definition) is 4. The maximum absolute atomic E-state index is 14.1. The van der Waals surface area contributed by atoms with Crippen molar-refractivity contribution in [2.24, 2.45) is 0 Å². The summed E-state index contributed by atoms with van der Waals surface area (Å²) in [5.41, 5.74) is -0.750. The number of carbonyl (C=O) groups excluding carboxylic acids is 1. The van der Waals surface area contributed by atoms with Crippen molar-refractivity contribution in [2.75, 3.05) is 6.61 Å². The summed E-state index contributed by atoms with van der Waals surface area (Å²) in [6.45, 7) is 0.847. The van der Waals surface area contributed by atoms with Crippen LogP contribution < -0.4 is 20.9 Å². The fourth-order valence-corrected chi connectivity index (χ4v) is 6.06. The SMILES string of the molecule is C[C@H](NP(=O)(OC[C@H]1OC(n2ccc(=O)[nH]c2=O)C(O)[C@@H]1O)Oc1cccc2ccccc12)C(=O)OCc1ccccc1. The first kappa shape index (κ1) is 30.4. The van der Waals surface area contributed by atoms with Crippen LogP contribution in [0.25, 0.3) is 10.8 Å². The third kappa shape index (κ3) is 7.11. The second-order valence-corrected chi connectivity index (χ2v) is 11.6. The zero-order valence-electron chi connectivity index (χ0n) is 22.9. The Morgan fingerprint density at radius 3 is 2.51 bits per heavy atom. The molecule has 0 radical (unpaired) electrons. The molecule has 6 atom stereocenters. The lowest BCUT2D eigenvalue weighted by atomic mass is 10.1. The van der Waals surface area contributed by atoms with Gasteiger partial charge in [-0.2, -0.15) is 5.09 Å². The number of nitrogens with zero attached hydrogens (tertiary/aromatic N) is 1. The van der Waals surface area contributed by atoms with Crippen molar-refractivity contribution in [3.8, 4) is 5.75 Å². The zero-order valence-corrected chi connectivity index (χ0v) is 23.8. The molecule has 1 aromatic heterocycles. The van der Waals surface area contributed by atoms with Gasteiger partial charge in [0.25, 0.3) is 5.56 Å². The van der Waals surface area contributed by atoms with Crippen molar-refractivity contribution in [1.29, 1.82) is 0 Å². The summed E-state index contributed by atoms with van der Waals surface area (Å²) in [5, 5.41) is 25.2. The predicted octanol–water partition coefficient (Wildman–Crippen LogP) is 2.23. The summed E-state index contributed by atoms with van der Waals surface area (Å²) in [7, 11) is -4.40. The first-order chi connectivity index (χ1) is 20.6. The molecule has 1 saturated heterocycles. The van der Waals surface area contributed by atoms with Crippen molar-refractivity contribution >= 4 is 24.5 Å². The summed E-state index contributed by atoms with van der Waals surface area (Å²) in [4.78, 5) is 38.5. The minimum Gasteiger partial charge on any atom is -0.460 e. The Morgan fingerprint density at radius 2 is 1.74 bits per heavy atom. The van der Waals surface area contributed by atoms with Crippen molar-refractivity contribution in [3.05, 3.63) is 111 Å². The maximum atomic E-state index is 14.1. The van der Waals surface area contributed by atoms with Crippen molar-refractivity contribution in [3.63, 3.8) is 0 Å². The number of aromatic nitrogens is 2. The van der Waals surface area contributed by atoms with Crippen LogP contribution in [0.3, 0.4) is 0 Å². The average molecular weight is 612 g/mol. The van der Waals surface area contributed by atoms with Crippen LogP contribution >= 0.6 is 7.75 Å². The summed E-state index contributed by atoms with van der Waals surface area (Å²) in [5.74, 6) is -0.524. The molecular formula is C29H30N3O10P. The maximum Gasteiger partial charge on any atom is 0.459 e. The largest absolute Gasteiger partial charge is 0.460 e. The highest BCUT2D eigenvalue weighted by Gasteiger charge is 2.46. The first-order valence-electron chi connectivity index (χ1n) is 13.4. The van der Waals surface area contributed by atoms with E-state index in [1.807, 2.05) is 29.2 Å². The minimum atomic E-state index is -4.40. The van der Waals surface area contributed by atoms with E-state index in [4.69, 9.17) is 18.5 Å². The third-order valence-electron chi connectivity index (χ3n) is 6.77. The van der Waals surface area contributed by atoms with Crippen LogP contribution in [-0.2, 0) is 30.0 Å². The van der Waals surface area contributed by atoms with Gasteiger partial charge in [0.2, 0.25) is 0 Å². The normalized spacial score (nSPS) is 22.1. The Hall–Kier alpha value is -4.10. The Kier molecular flexibility index (Phi) is 9.21. The van der Waals surface area contributed by atoms with Crippen LogP contribution in [-0.4, -0.2) is 56.7 Å². The quantitative estimate of drug-likeness (QED) is 0.144.